The van der Waals surface area contributed by atoms with E-state index < -0.39 is 11.0 Å². The molecule has 6 heteroatoms. The molecular weight excluding hydrogens is 296 g/mol. The average molecular weight is 312 g/mol. The zero-order valence-electron chi connectivity index (χ0n) is 12.6. The lowest BCUT2D eigenvalue weighted by Gasteiger charge is -2.33. The van der Waals surface area contributed by atoms with Gasteiger partial charge >= 0.3 is 0 Å². The molecule has 1 unspecified atom stereocenters. The fourth-order valence-electron chi connectivity index (χ4n) is 2.71. The Balaban J connectivity index is 1.94. The van der Waals surface area contributed by atoms with Gasteiger partial charge in [0.25, 0.3) is 11.6 Å². The molecule has 0 radical (unpaired) electrons. The number of nitro groups is 1. The second-order valence-corrected chi connectivity index (χ2v) is 5.29. The molecule has 0 bridgehead atoms. The minimum Gasteiger partial charge on any atom is -0.478 e. The summed E-state index contributed by atoms with van der Waals surface area (Å²) in [5.41, 5.74) is 1.51. The number of carbonyl (C=O) groups excluding carboxylic acids is 1. The number of anilines is 1. The molecule has 0 spiro atoms. The van der Waals surface area contributed by atoms with Gasteiger partial charge in [-0.15, -0.1) is 0 Å². The number of ether oxygens (including phenoxy) is 1. The summed E-state index contributed by atoms with van der Waals surface area (Å²) in [6, 6.07) is 13.9. The topological polar surface area (TPSA) is 72.7 Å². The molecule has 1 aliphatic rings. The van der Waals surface area contributed by atoms with Gasteiger partial charge in [-0.25, -0.2) is 0 Å². The smallest absolute Gasteiger partial charge is 0.273 e. The van der Waals surface area contributed by atoms with E-state index in [-0.39, 0.29) is 11.6 Å². The first-order valence-corrected chi connectivity index (χ1v) is 7.40. The molecule has 2 aromatic rings. The molecule has 0 N–H and O–H groups in total. The highest BCUT2D eigenvalue weighted by molar-refractivity contribution is 6.00. The molecule has 6 nitrogen and oxygen atoms in total. The highest BCUT2D eigenvalue weighted by Gasteiger charge is 2.34. The number of rotatable bonds is 4. The van der Waals surface area contributed by atoms with Gasteiger partial charge in [0.05, 0.1) is 16.7 Å². The Morgan fingerprint density at radius 3 is 2.61 bits per heavy atom. The van der Waals surface area contributed by atoms with Gasteiger partial charge in [0.2, 0.25) is 0 Å². The van der Waals surface area contributed by atoms with Crippen LogP contribution in [0.3, 0.4) is 0 Å². The number of hydrogen-bond acceptors (Lipinski definition) is 4. The van der Waals surface area contributed by atoms with Crippen molar-refractivity contribution in [2.45, 2.75) is 19.4 Å². The molecular formula is C17H16N2O4. The summed E-state index contributed by atoms with van der Waals surface area (Å²) in [6.07, 6.45) is -0.245. The van der Waals surface area contributed by atoms with Crippen molar-refractivity contribution in [1.82, 2.24) is 0 Å². The Labute approximate surface area is 133 Å². The van der Waals surface area contributed by atoms with Crippen LogP contribution in [-0.4, -0.2) is 23.5 Å². The third-order valence-corrected chi connectivity index (χ3v) is 3.84. The molecule has 23 heavy (non-hydrogen) atoms. The zero-order chi connectivity index (χ0) is 16.4. The van der Waals surface area contributed by atoms with Crippen molar-refractivity contribution in [3.63, 3.8) is 0 Å². The molecule has 118 valence electrons. The van der Waals surface area contributed by atoms with E-state index in [0.717, 1.165) is 5.56 Å². The second-order valence-electron chi connectivity index (χ2n) is 5.29. The Morgan fingerprint density at radius 1 is 1.22 bits per heavy atom. The van der Waals surface area contributed by atoms with Crippen LogP contribution in [0.4, 0.5) is 11.4 Å². The lowest BCUT2D eigenvalue weighted by Crippen LogP contribution is -2.46. The molecule has 2 aromatic carbocycles. The monoisotopic (exact) mass is 312 g/mol. The van der Waals surface area contributed by atoms with Gasteiger partial charge < -0.3 is 9.64 Å². The van der Waals surface area contributed by atoms with Crippen LogP contribution < -0.4 is 9.64 Å². The van der Waals surface area contributed by atoms with Crippen LogP contribution in [-0.2, 0) is 11.2 Å². The van der Waals surface area contributed by atoms with E-state index in [1.807, 2.05) is 37.3 Å². The molecule has 0 aromatic heterocycles. The minimum atomic E-state index is -0.674. The highest BCUT2D eigenvalue weighted by Crippen LogP contribution is 2.37. The van der Waals surface area contributed by atoms with Gasteiger partial charge in [-0.1, -0.05) is 30.3 Å². The number of nitro benzene ring substituents is 1. The standard InChI is InChI=1S/C17H16N2O4/c1-2-18-14-9-8-13(19(21)22)11-15(14)23-16(17(18)20)10-12-6-4-3-5-7-12/h3-9,11,16H,2,10H2,1H3. The van der Waals surface area contributed by atoms with Crippen LogP contribution in [0.5, 0.6) is 5.75 Å². The molecule has 0 saturated heterocycles. The molecule has 1 heterocycles. The summed E-state index contributed by atoms with van der Waals surface area (Å²) in [7, 11) is 0. The van der Waals surface area contributed by atoms with E-state index in [4.69, 9.17) is 4.74 Å². The van der Waals surface area contributed by atoms with Gasteiger partial charge in [0.1, 0.15) is 0 Å². The van der Waals surface area contributed by atoms with E-state index in [2.05, 4.69) is 0 Å². The maximum Gasteiger partial charge on any atom is 0.273 e. The Bertz CT molecular complexity index is 746. The van der Waals surface area contributed by atoms with Gasteiger partial charge in [-0.2, -0.15) is 0 Å². The minimum absolute atomic E-state index is 0.0485. The number of nitrogens with zero attached hydrogens (tertiary/aromatic N) is 2. The first-order chi connectivity index (χ1) is 11.1. The summed E-state index contributed by atoms with van der Waals surface area (Å²) in [5, 5.41) is 10.9. The molecule has 1 atom stereocenters. The number of likely N-dealkylation sites (N-methyl/N-ethyl adjacent to an activating group) is 1. The van der Waals surface area contributed by atoms with Gasteiger partial charge in [0, 0.05) is 19.0 Å². The lowest BCUT2D eigenvalue weighted by atomic mass is 10.0. The maximum atomic E-state index is 12.6. The van der Waals surface area contributed by atoms with Gasteiger partial charge in [0.15, 0.2) is 11.9 Å². The number of hydrogen-bond donors (Lipinski definition) is 0. The van der Waals surface area contributed by atoms with E-state index >= 15 is 0 Å². The highest BCUT2D eigenvalue weighted by atomic mass is 16.6. The SMILES string of the molecule is CCN1C(=O)C(Cc2ccccc2)Oc2cc([N+](=O)[O-])ccc21. The van der Waals surface area contributed by atoms with Crippen LogP contribution in [0, 0.1) is 10.1 Å². The molecule has 0 saturated carbocycles. The summed E-state index contributed by atoms with van der Waals surface area (Å²) >= 11 is 0. The van der Waals surface area contributed by atoms with E-state index in [0.29, 0.717) is 24.4 Å². The molecule has 0 aliphatic carbocycles. The summed E-state index contributed by atoms with van der Waals surface area (Å²) in [6.45, 7) is 2.35. The molecule has 1 aliphatic heterocycles. The van der Waals surface area contributed by atoms with Crippen LogP contribution in [0.25, 0.3) is 0 Å². The van der Waals surface area contributed by atoms with Crippen molar-refractivity contribution in [1.29, 1.82) is 0 Å². The zero-order valence-corrected chi connectivity index (χ0v) is 12.6. The van der Waals surface area contributed by atoms with Crippen molar-refractivity contribution in [2.24, 2.45) is 0 Å². The van der Waals surface area contributed by atoms with E-state index in [1.54, 1.807) is 11.0 Å². The van der Waals surface area contributed by atoms with Crippen molar-refractivity contribution < 1.29 is 14.5 Å². The number of benzene rings is 2. The van der Waals surface area contributed by atoms with Crippen LogP contribution >= 0.6 is 0 Å². The number of carbonyl (C=O) groups is 1. The summed E-state index contributed by atoms with van der Waals surface area (Å²) in [4.78, 5) is 24.7. The van der Waals surface area contributed by atoms with Crippen molar-refractivity contribution in [2.75, 3.05) is 11.4 Å². The number of amides is 1. The molecule has 0 fully saturated rings. The van der Waals surface area contributed by atoms with Gasteiger partial charge in [-0.05, 0) is 18.6 Å². The maximum absolute atomic E-state index is 12.6. The number of fused-ring (bicyclic) bond motifs is 1. The van der Waals surface area contributed by atoms with Crippen molar-refractivity contribution in [3.05, 3.63) is 64.2 Å². The summed E-state index contributed by atoms with van der Waals surface area (Å²) in [5.74, 6) is 0.249. The van der Waals surface area contributed by atoms with E-state index in [1.165, 1.54) is 12.1 Å². The number of non-ortho nitro benzene ring substituents is 1. The van der Waals surface area contributed by atoms with Crippen LogP contribution in [0.15, 0.2) is 48.5 Å². The first kappa shape index (κ1) is 15.0. The van der Waals surface area contributed by atoms with Gasteiger partial charge in [-0.3, -0.25) is 14.9 Å². The Kier molecular flexibility index (Phi) is 3.97. The Hall–Kier alpha value is -2.89. The Morgan fingerprint density at radius 2 is 1.96 bits per heavy atom. The van der Waals surface area contributed by atoms with Crippen molar-refractivity contribution >= 4 is 17.3 Å². The predicted octanol–water partition coefficient (Wildman–Crippen LogP) is 2.95. The molecule has 3 rings (SSSR count). The predicted molar refractivity (Wildman–Crippen MR) is 85.7 cm³/mol. The third-order valence-electron chi connectivity index (χ3n) is 3.84. The molecule has 1 amide bonds. The van der Waals surface area contributed by atoms with Crippen molar-refractivity contribution in [3.8, 4) is 5.75 Å². The van der Waals surface area contributed by atoms with Crippen LogP contribution in [0.1, 0.15) is 12.5 Å². The normalized spacial score (nSPS) is 16.7. The van der Waals surface area contributed by atoms with Crippen LogP contribution in [0.2, 0.25) is 0 Å². The largest absolute Gasteiger partial charge is 0.478 e. The summed E-state index contributed by atoms with van der Waals surface area (Å²) < 4.78 is 5.78. The lowest BCUT2D eigenvalue weighted by molar-refractivity contribution is -0.384. The fraction of sp³-hybridized carbons (Fsp3) is 0.235. The second kappa shape index (κ2) is 6.08. The first-order valence-electron chi connectivity index (χ1n) is 7.40. The quantitative estimate of drug-likeness (QED) is 0.642. The van der Waals surface area contributed by atoms with E-state index in [9.17, 15) is 14.9 Å². The third kappa shape index (κ3) is 2.88. The fourth-order valence-corrected chi connectivity index (χ4v) is 2.71. The average Bonchev–Trinajstić information content (AvgIpc) is 2.56.